The second kappa shape index (κ2) is 17.1. The fourth-order valence-corrected chi connectivity index (χ4v) is 3.99. The van der Waals surface area contributed by atoms with E-state index >= 15 is 0 Å². The molecular formula is C28H45NO6. The van der Waals surface area contributed by atoms with Crippen molar-refractivity contribution in [2.24, 2.45) is 23.7 Å². The zero-order chi connectivity index (χ0) is 26.2. The first-order valence-corrected chi connectivity index (χ1v) is 12.6. The van der Waals surface area contributed by atoms with Crippen LogP contribution in [-0.4, -0.2) is 50.6 Å². The Morgan fingerprint density at radius 1 is 1.03 bits per heavy atom. The predicted octanol–water partition coefficient (Wildman–Crippen LogP) is 4.87. The molecule has 0 saturated carbocycles. The Morgan fingerprint density at radius 3 is 2.29 bits per heavy atom. The van der Waals surface area contributed by atoms with Gasteiger partial charge in [0, 0.05) is 26.1 Å². The molecule has 0 aromatic heterocycles. The van der Waals surface area contributed by atoms with Gasteiger partial charge in [0.25, 0.3) is 0 Å². The van der Waals surface area contributed by atoms with E-state index in [0.29, 0.717) is 24.9 Å². The fraction of sp³-hybridized carbons (Fsp3) is 0.643. The molecule has 0 aliphatic carbocycles. The van der Waals surface area contributed by atoms with Crippen molar-refractivity contribution in [2.45, 2.75) is 65.8 Å². The average Bonchev–Trinajstić information content (AvgIpc) is 2.81. The van der Waals surface area contributed by atoms with E-state index in [1.165, 1.54) is 7.11 Å². The summed E-state index contributed by atoms with van der Waals surface area (Å²) in [7, 11) is 2.93. The summed E-state index contributed by atoms with van der Waals surface area (Å²) < 4.78 is 15.3. The summed E-state index contributed by atoms with van der Waals surface area (Å²) in [6, 6.07) is 5.81. The van der Waals surface area contributed by atoms with Gasteiger partial charge < -0.3 is 24.6 Å². The molecule has 1 aromatic rings. The van der Waals surface area contributed by atoms with E-state index in [0.717, 1.165) is 24.8 Å². The lowest BCUT2D eigenvalue weighted by Gasteiger charge is -2.28. The molecule has 198 valence electrons. The Kier molecular flexibility index (Phi) is 15.0. The highest BCUT2D eigenvalue weighted by Gasteiger charge is 2.31. The largest absolute Gasteiger partial charge is 0.508 e. The number of rotatable bonds is 17. The minimum Gasteiger partial charge on any atom is -0.508 e. The highest BCUT2D eigenvalue weighted by atomic mass is 16.7. The smallest absolute Gasteiger partial charge is 0.328 e. The van der Waals surface area contributed by atoms with Crippen LogP contribution >= 0.6 is 0 Å². The van der Waals surface area contributed by atoms with Crippen molar-refractivity contribution in [3.8, 4) is 5.75 Å². The van der Waals surface area contributed by atoms with Gasteiger partial charge in [0.2, 0.25) is 5.91 Å². The molecule has 0 heterocycles. The number of carbonyl (C=O) groups excluding carboxylic acids is 2. The van der Waals surface area contributed by atoms with Gasteiger partial charge in [-0.1, -0.05) is 58.4 Å². The Morgan fingerprint density at radius 2 is 1.71 bits per heavy atom. The number of unbranched alkanes of at least 4 members (excludes halogenated alkanes) is 1. The lowest BCUT2D eigenvalue weighted by atomic mass is 9.81. The summed E-state index contributed by atoms with van der Waals surface area (Å²) in [5.41, 5.74) is 0.825. The van der Waals surface area contributed by atoms with E-state index in [9.17, 15) is 14.7 Å². The number of hydrogen-bond donors (Lipinski definition) is 2. The third-order valence-electron chi connectivity index (χ3n) is 5.78. The second-order valence-corrected chi connectivity index (χ2v) is 9.79. The summed E-state index contributed by atoms with van der Waals surface area (Å²) in [6.07, 6.45) is 7.99. The molecule has 0 fully saturated rings. The van der Waals surface area contributed by atoms with Crippen molar-refractivity contribution >= 4 is 11.9 Å². The lowest BCUT2D eigenvalue weighted by molar-refractivity contribution is -0.145. The van der Waals surface area contributed by atoms with Crippen LogP contribution in [0.2, 0.25) is 0 Å². The van der Waals surface area contributed by atoms with Gasteiger partial charge in [0.15, 0.2) is 0 Å². The monoisotopic (exact) mass is 491 g/mol. The lowest BCUT2D eigenvalue weighted by Crippen LogP contribution is -2.47. The maximum atomic E-state index is 13.6. The zero-order valence-electron chi connectivity index (χ0n) is 22.3. The number of ether oxygens (including phenoxy) is 3. The normalized spacial score (nSPS) is 14.3. The molecule has 0 aliphatic heterocycles. The Labute approximate surface area is 211 Å². The molecule has 0 unspecified atom stereocenters. The molecule has 0 saturated heterocycles. The summed E-state index contributed by atoms with van der Waals surface area (Å²) in [5, 5.41) is 12.5. The molecule has 7 heteroatoms. The Bertz CT molecular complexity index is 759. The number of phenols is 1. The average molecular weight is 492 g/mol. The molecule has 35 heavy (non-hydrogen) atoms. The van der Waals surface area contributed by atoms with Crippen LogP contribution in [0.1, 0.15) is 58.9 Å². The third kappa shape index (κ3) is 12.8. The van der Waals surface area contributed by atoms with Crippen LogP contribution in [0.25, 0.3) is 0 Å². The van der Waals surface area contributed by atoms with E-state index < -0.39 is 12.0 Å². The molecule has 7 nitrogen and oxygen atoms in total. The fourth-order valence-electron chi connectivity index (χ4n) is 3.99. The van der Waals surface area contributed by atoms with E-state index in [1.54, 1.807) is 31.4 Å². The van der Waals surface area contributed by atoms with Crippen molar-refractivity contribution in [3.05, 3.63) is 42.0 Å². The quantitative estimate of drug-likeness (QED) is 0.140. The predicted molar refractivity (Wildman–Crippen MR) is 138 cm³/mol. The summed E-state index contributed by atoms with van der Waals surface area (Å²) in [4.78, 5) is 26.1. The van der Waals surface area contributed by atoms with Crippen LogP contribution in [0.5, 0.6) is 5.75 Å². The summed E-state index contributed by atoms with van der Waals surface area (Å²) in [5.74, 6) is 0.00564. The van der Waals surface area contributed by atoms with Crippen molar-refractivity contribution in [3.63, 3.8) is 0 Å². The molecule has 1 amide bonds. The van der Waals surface area contributed by atoms with Crippen LogP contribution in [0.4, 0.5) is 0 Å². The number of benzene rings is 1. The van der Waals surface area contributed by atoms with E-state index in [4.69, 9.17) is 14.2 Å². The molecular weight excluding hydrogens is 446 g/mol. The van der Waals surface area contributed by atoms with Gasteiger partial charge in [-0.05, 0) is 54.7 Å². The molecule has 1 rings (SSSR count). The number of aromatic hydroxyl groups is 1. The SMILES string of the molecule is COCOCCCC[C@H](/C=C/C(C)C)[C@@H](CC(C)C)C(=O)N[C@@H](Cc1ccc(O)cc1)C(=O)OC. The van der Waals surface area contributed by atoms with Crippen LogP contribution in [-0.2, 0) is 30.2 Å². The zero-order valence-corrected chi connectivity index (χ0v) is 22.3. The molecule has 1 aromatic carbocycles. The number of hydrogen-bond acceptors (Lipinski definition) is 6. The van der Waals surface area contributed by atoms with Crippen molar-refractivity contribution in [2.75, 3.05) is 27.6 Å². The van der Waals surface area contributed by atoms with Crippen LogP contribution in [0, 0.1) is 23.7 Å². The molecule has 0 bridgehead atoms. The van der Waals surface area contributed by atoms with E-state index in [1.807, 2.05) is 0 Å². The first kappa shape index (κ1) is 30.7. The third-order valence-corrected chi connectivity index (χ3v) is 5.78. The Balaban J connectivity index is 3.03. The maximum Gasteiger partial charge on any atom is 0.328 e. The van der Waals surface area contributed by atoms with Crippen LogP contribution in [0.3, 0.4) is 0 Å². The van der Waals surface area contributed by atoms with E-state index in [2.05, 4.69) is 45.2 Å². The van der Waals surface area contributed by atoms with Gasteiger partial charge in [0.1, 0.15) is 18.6 Å². The molecule has 0 aliphatic rings. The molecule has 3 atom stereocenters. The van der Waals surface area contributed by atoms with Gasteiger partial charge in [0.05, 0.1) is 7.11 Å². The number of methoxy groups -OCH3 is 2. The van der Waals surface area contributed by atoms with Crippen molar-refractivity contribution in [1.82, 2.24) is 5.32 Å². The number of carbonyl (C=O) groups is 2. The number of esters is 1. The highest BCUT2D eigenvalue weighted by Crippen LogP contribution is 2.28. The van der Waals surface area contributed by atoms with Gasteiger partial charge in [-0.3, -0.25) is 4.79 Å². The topological polar surface area (TPSA) is 94.1 Å². The number of nitrogens with one attached hydrogen (secondary N) is 1. The van der Waals surface area contributed by atoms with E-state index in [-0.39, 0.29) is 36.7 Å². The number of phenolic OH excluding ortho intramolecular Hbond substituents is 1. The highest BCUT2D eigenvalue weighted by molar-refractivity contribution is 5.86. The first-order chi connectivity index (χ1) is 16.7. The summed E-state index contributed by atoms with van der Waals surface area (Å²) in [6.45, 7) is 9.35. The molecule has 0 radical (unpaired) electrons. The van der Waals surface area contributed by atoms with Crippen LogP contribution < -0.4 is 5.32 Å². The van der Waals surface area contributed by atoms with Gasteiger partial charge >= 0.3 is 5.97 Å². The van der Waals surface area contributed by atoms with Crippen molar-refractivity contribution in [1.29, 1.82) is 0 Å². The van der Waals surface area contributed by atoms with Gasteiger partial charge in [-0.2, -0.15) is 0 Å². The van der Waals surface area contributed by atoms with Gasteiger partial charge in [-0.25, -0.2) is 4.79 Å². The second-order valence-electron chi connectivity index (χ2n) is 9.79. The summed E-state index contributed by atoms with van der Waals surface area (Å²) >= 11 is 0. The minimum atomic E-state index is -0.802. The maximum absolute atomic E-state index is 13.6. The molecule has 0 spiro atoms. The van der Waals surface area contributed by atoms with Crippen LogP contribution in [0.15, 0.2) is 36.4 Å². The first-order valence-electron chi connectivity index (χ1n) is 12.6. The van der Waals surface area contributed by atoms with Crippen molar-refractivity contribution < 1.29 is 28.9 Å². The number of allylic oxidation sites excluding steroid dienone is 2. The number of amides is 1. The standard InChI is InChI=1S/C28H45NO6/c1-20(2)10-13-23(9-7-8-16-35-19-33-5)25(17-21(3)4)27(31)29-26(28(32)34-6)18-22-11-14-24(30)15-12-22/h10-15,20-21,23,25-26,30H,7-9,16-19H2,1-6H3,(H,29,31)/b13-10+/t23-,25-,26+/m1/s1. The van der Waals surface area contributed by atoms with Gasteiger partial charge in [-0.15, -0.1) is 0 Å². The minimum absolute atomic E-state index is 0.0502. The molecule has 2 N–H and O–H groups in total. The Hall–Kier alpha value is -2.38.